The highest BCUT2D eigenvalue weighted by Crippen LogP contribution is 2.14. The van der Waals surface area contributed by atoms with Crippen LogP contribution in [-0.2, 0) is 4.79 Å². The number of nitro groups is 1. The summed E-state index contributed by atoms with van der Waals surface area (Å²) in [6, 6.07) is 19.3. The number of pyridine rings is 1. The second-order valence-electron chi connectivity index (χ2n) is 6.58. The zero-order valence-electron chi connectivity index (χ0n) is 17.1. The van der Waals surface area contributed by atoms with Crippen molar-refractivity contribution in [1.29, 1.82) is 0 Å². The maximum absolute atomic E-state index is 12.8. The summed E-state index contributed by atoms with van der Waals surface area (Å²) in [5.74, 6) is -1.15. The molecule has 2 amide bonds. The van der Waals surface area contributed by atoms with E-state index in [9.17, 15) is 19.7 Å². The minimum atomic E-state index is -0.664. The summed E-state index contributed by atoms with van der Waals surface area (Å²) in [7, 11) is 0. The van der Waals surface area contributed by atoms with Crippen molar-refractivity contribution < 1.29 is 14.5 Å². The first-order valence-corrected chi connectivity index (χ1v) is 9.52. The van der Waals surface area contributed by atoms with Crippen LogP contribution in [0.3, 0.4) is 0 Å². The van der Waals surface area contributed by atoms with Gasteiger partial charge in [-0.05, 0) is 55.0 Å². The number of benzene rings is 2. The van der Waals surface area contributed by atoms with Crippen LogP contribution in [0.1, 0.15) is 28.5 Å². The molecule has 0 radical (unpaired) electrons. The summed E-state index contributed by atoms with van der Waals surface area (Å²) in [5, 5.41) is 17.5. The molecule has 0 unspecified atom stereocenters. The average molecular weight is 429 g/mol. The van der Waals surface area contributed by atoms with Crippen LogP contribution in [-0.4, -0.2) is 27.4 Å². The van der Waals surface area contributed by atoms with Crippen molar-refractivity contribution in [3.8, 4) is 0 Å². The minimum absolute atomic E-state index is 0.0784. The van der Waals surface area contributed by atoms with E-state index in [4.69, 9.17) is 0 Å². The third-order valence-corrected chi connectivity index (χ3v) is 4.30. The lowest BCUT2D eigenvalue weighted by Crippen LogP contribution is -2.33. The minimum Gasteiger partial charge on any atom is -0.317 e. The molecule has 0 atom stereocenters. The monoisotopic (exact) mass is 429 g/mol. The maximum Gasteiger partial charge on any atom is 0.287 e. The van der Waals surface area contributed by atoms with Crippen LogP contribution >= 0.6 is 0 Å². The number of non-ortho nitro benzene ring substituents is 1. The van der Waals surface area contributed by atoms with Crippen molar-refractivity contribution in [3.05, 3.63) is 112 Å². The van der Waals surface area contributed by atoms with Gasteiger partial charge in [-0.15, -0.1) is 0 Å². The Morgan fingerprint density at radius 1 is 1.00 bits per heavy atom. The van der Waals surface area contributed by atoms with Gasteiger partial charge in [0.05, 0.1) is 16.3 Å². The molecular formula is C23H19N5O4. The molecule has 0 aliphatic carbocycles. The van der Waals surface area contributed by atoms with Crippen molar-refractivity contribution in [2.45, 2.75) is 6.92 Å². The van der Waals surface area contributed by atoms with Crippen LogP contribution in [0.2, 0.25) is 0 Å². The van der Waals surface area contributed by atoms with Crippen LogP contribution in [0, 0.1) is 10.1 Å². The molecule has 2 aromatic carbocycles. The Kier molecular flexibility index (Phi) is 7.16. The highest BCUT2D eigenvalue weighted by molar-refractivity contribution is 6.06. The van der Waals surface area contributed by atoms with Gasteiger partial charge in [0.2, 0.25) is 0 Å². The number of nitro benzene ring substituents is 1. The highest BCUT2D eigenvalue weighted by atomic mass is 16.6. The quantitative estimate of drug-likeness (QED) is 0.258. The first-order valence-electron chi connectivity index (χ1n) is 9.52. The molecule has 1 heterocycles. The summed E-state index contributed by atoms with van der Waals surface area (Å²) >= 11 is 0. The van der Waals surface area contributed by atoms with Crippen LogP contribution in [0.25, 0.3) is 6.08 Å². The smallest absolute Gasteiger partial charge is 0.287 e. The number of aromatic nitrogens is 1. The Labute approximate surface area is 183 Å². The maximum atomic E-state index is 12.8. The second kappa shape index (κ2) is 10.4. The van der Waals surface area contributed by atoms with Gasteiger partial charge in [0.1, 0.15) is 5.70 Å². The van der Waals surface area contributed by atoms with Gasteiger partial charge in [-0.2, -0.15) is 5.10 Å². The Bertz CT molecular complexity index is 1170. The zero-order chi connectivity index (χ0) is 22.9. The topological polar surface area (TPSA) is 127 Å². The zero-order valence-corrected chi connectivity index (χ0v) is 17.1. The number of rotatable bonds is 7. The number of nitrogens with one attached hydrogen (secondary N) is 2. The molecular weight excluding hydrogens is 410 g/mol. The lowest BCUT2D eigenvalue weighted by atomic mass is 10.1. The summed E-state index contributed by atoms with van der Waals surface area (Å²) in [6.07, 6.45) is 3.02. The molecule has 0 bridgehead atoms. The van der Waals surface area contributed by atoms with Gasteiger partial charge >= 0.3 is 0 Å². The van der Waals surface area contributed by atoms with E-state index in [0.29, 0.717) is 22.5 Å². The van der Waals surface area contributed by atoms with E-state index in [0.717, 1.165) is 0 Å². The fourth-order valence-corrected chi connectivity index (χ4v) is 2.63. The number of nitrogens with zero attached hydrogens (tertiary/aromatic N) is 3. The molecule has 0 saturated heterocycles. The Balaban J connectivity index is 1.86. The molecule has 2 N–H and O–H groups in total. The SMILES string of the molecule is CC(=NNC(=O)/C(=C\c1ccc([N+](=O)[O-])cc1)NC(=O)c1ccccc1)c1ccccn1. The molecule has 9 heteroatoms. The predicted octanol–water partition coefficient (Wildman–Crippen LogP) is 3.30. The van der Waals surface area contributed by atoms with Crippen molar-refractivity contribution >= 4 is 29.3 Å². The molecule has 160 valence electrons. The summed E-state index contributed by atoms with van der Waals surface area (Å²) in [5.41, 5.74) is 4.15. The number of hydrogen-bond acceptors (Lipinski definition) is 6. The van der Waals surface area contributed by atoms with Gasteiger partial charge in [0, 0.05) is 23.9 Å². The highest BCUT2D eigenvalue weighted by Gasteiger charge is 2.15. The van der Waals surface area contributed by atoms with Gasteiger partial charge in [-0.1, -0.05) is 24.3 Å². The molecule has 3 rings (SSSR count). The van der Waals surface area contributed by atoms with Crippen LogP contribution < -0.4 is 10.7 Å². The number of carbonyl (C=O) groups excluding carboxylic acids is 2. The van der Waals surface area contributed by atoms with Gasteiger partial charge in [0.15, 0.2) is 0 Å². The standard InChI is InChI=1S/C23H19N5O4/c1-16(20-9-5-6-14-24-20)26-27-23(30)21(25-22(29)18-7-3-2-4-8-18)15-17-10-12-19(13-11-17)28(31)32/h2-15H,1H3,(H,25,29)(H,27,30)/b21-15+,26-16?. The van der Waals surface area contributed by atoms with Gasteiger partial charge in [0.25, 0.3) is 17.5 Å². The Morgan fingerprint density at radius 3 is 2.31 bits per heavy atom. The van der Waals surface area contributed by atoms with E-state index in [1.165, 1.54) is 30.3 Å². The van der Waals surface area contributed by atoms with E-state index in [1.807, 2.05) is 0 Å². The predicted molar refractivity (Wildman–Crippen MR) is 120 cm³/mol. The lowest BCUT2D eigenvalue weighted by Gasteiger charge is -2.10. The molecule has 1 aromatic heterocycles. The lowest BCUT2D eigenvalue weighted by molar-refractivity contribution is -0.384. The average Bonchev–Trinajstić information content (AvgIpc) is 2.83. The molecule has 0 aliphatic heterocycles. The van der Waals surface area contributed by atoms with Gasteiger partial charge in [-0.3, -0.25) is 24.7 Å². The molecule has 0 aliphatic rings. The molecule has 32 heavy (non-hydrogen) atoms. The molecule has 9 nitrogen and oxygen atoms in total. The van der Waals surface area contributed by atoms with Crippen LogP contribution in [0.4, 0.5) is 5.69 Å². The normalized spacial score (nSPS) is 11.5. The number of carbonyl (C=O) groups is 2. The van der Waals surface area contributed by atoms with Crippen LogP contribution in [0.15, 0.2) is 89.8 Å². The number of hydrogen-bond donors (Lipinski definition) is 2. The van der Waals surface area contributed by atoms with E-state index in [1.54, 1.807) is 61.7 Å². The second-order valence-corrected chi connectivity index (χ2v) is 6.58. The molecule has 0 spiro atoms. The summed E-state index contributed by atoms with van der Waals surface area (Å²) in [6.45, 7) is 1.69. The molecule has 0 saturated carbocycles. The molecule has 0 fully saturated rings. The largest absolute Gasteiger partial charge is 0.317 e. The van der Waals surface area contributed by atoms with Crippen molar-refractivity contribution in [3.63, 3.8) is 0 Å². The van der Waals surface area contributed by atoms with Crippen molar-refractivity contribution in [1.82, 2.24) is 15.7 Å². The third-order valence-electron chi connectivity index (χ3n) is 4.30. The van der Waals surface area contributed by atoms with Crippen molar-refractivity contribution in [2.24, 2.45) is 5.10 Å². The van der Waals surface area contributed by atoms with Gasteiger partial charge < -0.3 is 5.32 Å². The first kappa shape index (κ1) is 22.0. The van der Waals surface area contributed by atoms with Gasteiger partial charge in [-0.25, -0.2) is 5.43 Å². The summed E-state index contributed by atoms with van der Waals surface area (Å²) < 4.78 is 0. The van der Waals surface area contributed by atoms with E-state index >= 15 is 0 Å². The fourth-order valence-electron chi connectivity index (χ4n) is 2.63. The van der Waals surface area contributed by atoms with E-state index in [-0.39, 0.29) is 11.4 Å². The van der Waals surface area contributed by atoms with E-state index in [2.05, 4.69) is 20.8 Å². The fraction of sp³-hybridized carbons (Fsp3) is 0.0435. The Hall–Kier alpha value is -4.66. The number of amides is 2. The number of hydrazone groups is 1. The van der Waals surface area contributed by atoms with E-state index < -0.39 is 16.7 Å². The summed E-state index contributed by atoms with van der Waals surface area (Å²) in [4.78, 5) is 39.9. The molecule has 3 aromatic rings. The third kappa shape index (κ3) is 5.92. The first-order chi connectivity index (χ1) is 15.4. The van der Waals surface area contributed by atoms with Crippen molar-refractivity contribution in [2.75, 3.05) is 0 Å². The Morgan fingerprint density at radius 2 is 1.69 bits per heavy atom. The van der Waals surface area contributed by atoms with Crippen LogP contribution in [0.5, 0.6) is 0 Å².